The lowest BCUT2D eigenvalue weighted by Gasteiger charge is -2.56. The molecule has 0 saturated carbocycles. The number of nitrogens with zero attached hydrogens (tertiary/aromatic N) is 2. The Balaban J connectivity index is 1.72. The van der Waals surface area contributed by atoms with E-state index in [1.807, 2.05) is 12.1 Å². The zero-order valence-electron chi connectivity index (χ0n) is 14.9. The highest BCUT2D eigenvalue weighted by molar-refractivity contribution is 6.32. The molecule has 2 aromatic rings. The molecule has 3 aliphatic heterocycles. The van der Waals surface area contributed by atoms with E-state index in [4.69, 9.17) is 16.1 Å². The smallest absolute Gasteiger partial charge is 0.177 e. The molecule has 0 unspecified atom stereocenters. The maximum atomic E-state index is 6.38. The largest absolute Gasteiger partial charge is 0.362 e. The fourth-order valence-electron chi connectivity index (χ4n) is 4.67. The third-order valence-electron chi connectivity index (χ3n) is 6.08. The fourth-order valence-corrected chi connectivity index (χ4v) is 5.03. The van der Waals surface area contributed by atoms with Crippen molar-refractivity contribution < 1.29 is 4.52 Å². The van der Waals surface area contributed by atoms with Gasteiger partial charge >= 0.3 is 0 Å². The quantitative estimate of drug-likeness (QED) is 0.858. The third kappa shape index (κ3) is 2.34. The summed E-state index contributed by atoms with van der Waals surface area (Å²) < 4.78 is 5.70. The molecule has 24 heavy (non-hydrogen) atoms. The summed E-state index contributed by atoms with van der Waals surface area (Å²) >= 11 is 6.38. The summed E-state index contributed by atoms with van der Waals surface area (Å²) in [5.74, 6) is 1.86. The molecular weight excluding hydrogens is 322 g/mol. The Labute approximate surface area is 148 Å². The van der Waals surface area contributed by atoms with E-state index in [1.54, 1.807) is 0 Å². The molecule has 3 saturated heterocycles. The number of piperidine rings is 3. The van der Waals surface area contributed by atoms with Crippen LogP contribution in [-0.2, 0) is 0 Å². The zero-order valence-corrected chi connectivity index (χ0v) is 15.7. The minimum absolute atomic E-state index is 0.139. The zero-order chi connectivity index (χ0) is 17.1. The number of anilines is 1. The molecule has 4 heterocycles. The standard InChI is InChI=1S/C19H26ClN3O/c1-11(2)15-14(20)6-5-13-16(15)24-22-18(13)21-17-12-7-9-23(10-8-12)19(17,3)4/h5-6,11-12,17H,7-10H2,1-4H3,(H,21,22)/t17-/m0/s1. The maximum Gasteiger partial charge on any atom is 0.177 e. The van der Waals surface area contributed by atoms with Gasteiger partial charge in [0, 0.05) is 22.2 Å². The van der Waals surface area contributed by atoms with Crippen molar-refractivity contribution in [1.82, 2.24) is 10.1 Å². The highest BCUT2D eigenvalue weighted by Crippen LogP contribution is 2.42. The summed E-state index contributed by atoms with van der Waals surface area (Å²) in [5.41, 5.74) is 2.00. The van der Waals surface area contributed by atoms with Crippen molar-refractivity contribution in [2.75, 3.05) is 18.4 Å². The summed E-state index contributed by atoms with van der Waals surface area (Å²) in [4.78, 5) is 2.60. The van der Waals surface area contributed by atoms with E-state index in [-0.39, 0.29) is 5.54 Å². The molecule has 0 spiro atoms. The highest BCUT2D eigenvalue weighted by Gasteiger charge is 2.47. The molecule has 1 N–H and O–H groups in total. The van der Waals surface area contributed by atoms with Crippen LogP contribution in [0.15, 0.2) is 16.7 Å². The van der Waals surface area contributed by atoms with Crippen LogP contribution in [0.2, 0.25) is 5.02 Å². The Hall–Kier alpha value is -1.26. The Bertz CT molecular complexity index is 759. The summed E-state index contributed by atoms with van der Waals surface area (Å²) in [6.07, 6.45) is 2.53. The molecule has 5 rings (SSSR count). The van der Waals surface area contributed by atoms with Crippen LogP contribution in [-0.4, -0.2) is 34.7 Å². The predicted molar refractivity (Wildman–Crippen MR) is 98.9 cm³/mol. The average Bonchev–Trinajstić information content (AvgIpc) is 2.93. The van der Waals surface area contributed by atoms with Crippen molar-refractivity contribution in [3.8, 4) is 0 Å². The number of hydrogen-bond acceptors (Lipinski definition) is 4. The van der Waals surface area contributed by atoms with E-state index in [1.165, 1.54) is 25.9 Å². The van der Waals surface area contributed by atoms with Gasteiger partial charge in [-0.2, -0.15) is 0 Å². The molecular formula is C19H26ClN3O. The van der Waals surface area contributed by atoms with Crippen molar-refractivity contribution in [2.24, 2.45) is 5.92 Å². The number of halogens is 1. The topological polar surface area (TPSA) is 41.3 Å². The Morgan fingerprint density at radius 3 is 2.62 bits per heavy atom. The molecule has 0 radical (unpaired) electrons. The highest BCUT2D eigenvalue weighted by atomic mass is 35.5. The first kappa shape index (κ1) is 16.2. The Morgan fingerprint density at radius 1 is 1.29 bits per heavy atom. The monoisotopic (exact) mass is 347 g/mol. The number of aromatic nitrogens is 1. The SMILES string of the molecule is CC(C)c1c(Cl)ccc2c(N[C@H]3C4CCN(CC4)C3(C)C)noc12. The minimum atomic E-state index is 0.139. The van der Waals surface area contributed by atoms with E-state index in [9.17, 15) is 0 Å². The molecule has 4 nitrogen and oxygen atoms in total. The number of rotatable bonds is 3. The molecule has 3 aliphatic rings. The number of hydrogen-bond donors (Lipinski definition) is 1. The molecule has 1 atom stereocenters. The first-order valence-corrected chi connectivity index (χ1v) is 9.36. The van der Waals surface area contributed by atoms with Gasteiger partial charge in [0.2, 0.25) is 0 Å². The van der Waals surface area contributed by atoms with E-state index >= 15 is 0 Å². The lowest BCUT2D eigenvalue weighted by Crippen LogP contribution is -2.66. The minimum Gasteiger partial charge on any atom is -0.362 e. The molecule has 5 heteroatoms. The molecule has 1 aromatic carbocycles. The van der Waals surface area contributed by atoms with Gasteiger partial charge in [0.1, 0.15) is 0 Å². The van der Waals surface area contributed by atoms with Gasteiger partial charge in [-0.05, 0) is 63.7 Å². The van der Waals surface area contributed by atoms with E-state index < -0.39 is 0 Å². The van der Waals surface area contributed by atoms with Crippen LogP contribution < -0.4 is 5.32 Å². The molecule has 1 aromatic heterocycles. The average molecular weight is 348 g/mol. The van der Waals surface area contributed by atoms with Crippen LogP contribution >= 0.6 is 11.6 Å². The van der Waals surface area contributed by atoms with Crippen LogP contribution in [0.25, 0.3) is 11.0 Å². The second-order valence-electron chi connectivity index (χ2n) is 8.12. The summed E-state index contributed by atoms with van der Waals surface area (Å²) in [7, 11) is 0. The molecule has 0 aliphatic carbocycles. The summed E-state index contributed by atoms with van der Waals surface area (Å²) in [6.45, 7) is 11.4. The Kier molecular flexibility index (Phi) is 3.81. The van der Waals surface area contributed by atoms with E-state index in [0.29, 0.717) is 17.9 Å². The normalized spacial score (nSPS) is 28.7. The van der Waals surface area contributed by atoms with Crippen molar-refractivity contribution >= 4 is 28.4 Å². The number of fused-ring (bicyclic) bond motifs is 4. The molecule has 130 valence electrons. The van der Waals surface area contributed by atoms with Gasteiger partial charge in [-0.1, -0.05) is 30.6 Å². The second-order valence-corrected chi connectivity index (χ2v) is 8.53. The predicted octanol–water partition coefficient (Wildman–Crippen LogP) is 4.89. The molecule has 0 amide bonds. The fraction of sp³-hybridized carbons (Fsp3) is 0.632. The maximum absolute atomic E-state index is 6.38. The molecule has 3 fully saturated rings. The number of benzene rings is 1. The van der Waals surface area contributed by atoms with Crippen LogP contribution in [0.4, 0.5) is 5.82 Å². The van der Waals surface area contributed by atoms with Crippen LogP contribution in [0.3, 0.4) is 0 Å². The summed E-state index contributed by atoms with van der Waals surface area (Å²) in [6, 6.07) is 4.38. The van der Waals surface area contributed by atoms with Crippen molar-refractivity contribution in [1.29, 1.82) is 0 Å². The number of nitrogens with one attached hydrogen (secondary N) is 1. The second kappa shape index (κ2) is 5.63. The van der Waals surface area contributed by atoms with Gasteiger partial charge in [0.25, 0.3) is 0 Å². The molecule has 2 bridgehead atoms. The van der Waals surface area contributed by atoms with Crippen LogP contribution in [0, 0.1) is 5.92 Å². The van der Waals surface area contributed by atoms with Gasteiger partial charge in [-0.25, -0.2) is 0 Å². The van der Waals surface area contributed by atoms with Gasteiger partial charge in [0.05, 0.1) is 5.39 Å². The van der Waals surface area contributed by atoms with E-state index in [0.717, 1.165) is 27.4 Å². The Morgan fingerprint density at radius 2 is 2.00 bits per heavy atom. The van der Waals surface area contributed by atoms with Gasteiger partial charge in [-0.15, -0.1) is 0 Å². The van der Waals surface area contributed by atoms with Crippen molar-refractivity contribution in [3.05, 3.63) is 22.7 Å². The van der Waals surface area contributed by atoms with E-state index in [2.05, 4.69) is 43.1 Å². The lowest BCUT2D eigenvalue weighted by molar-refractivity contribution is -0.0189. The van der Waals surface area contributed by atoms with Gasteiger partial charge in [-0.3, -0.25) is 4.90 Å². The van der Waals surface area contributed by atoms with Crippen LogP contribution in [0.5, 0.6) is 0 Å². The first-order valence-electron chi connectivity index (χ1n) is 8.99. The van der Waals surface area contributed by atoms with Crippen molar-refractivity contribution in [2.45, 2.75) is 58.0 Å². The van der Waals surface area contributed by atoms with Crippen molar-refractivity contribution in [3.63, 3.8) is 0 Å². The summed E-state index contributed by atoms with van der Waals surface area (Å²) in [5, 5.41) is 9.87. The lowest BCUT2D eigenvalue weighted by atomic mass is 9.72. The van der Waals surface area contributed by atoms with Crippen LogP contribution in [0.1, 0.15) is 52.0 Å². The third-order valence-corrected chi connectivity index (χ3v) is 6.41. The van der Waals surface area contributed by atoms with Gasteiger partial charge < -0.3 is 9.84 Å². The first-order chi connectivity index (χ1) is 11.4. The van der Waals surface area contributed by atoms with Gasteiger partial charge in [0.15, 0.2) is 11.4 Å².